The van der Waals surface area contributed by atoms with Crippen molar-refractivity contribution in [3.05, 3.63) is 24.3 Å². The van der Waals surface area contributed by atoms with E-state index in [4.69, 9.17) is 9.47 Å². The minimum absolute atomic E-state index is 0.203. The number of ether oxygens (including phenoxy) is 2. The predicted octanol–water partition coefficient (Wildman–Crippen LogP) is 2.77. The third kappa shape index (κ3) is 5.38. The van der Waals surface area contributed by atoms with Gasteiger partial charge in [-0.25, -0.2) is 0 Å². The molecule has 1 aliphatic rings. The maximum atomic E-state index is 10.8. The van der Waals surface area contributed by atoms with Crippen molar-refractivity contribution >= 4 is 6.29 Å². The van der Waals surface area contributed by atoms with Crippen molar-refractivity contribution in [3.8, 4) is 11.5 Å². The molecule has 4 nitrogen and oxygen atoms in total. The van der Waals surface area contributed by atoms with E-state index in [9.17, 15) is 4.79 Å². The lowest BCUT2D eigenvalue weighted by molar-refractivity contribution is -0.112. The van der Waals surface area contributed by atoms with Crippen molar-refractivity contribution in [2.45, 2.75) is 26.2 Å². The van der Waals surface area contributed by atoms with Gasteiger partial charge in [0.2, 0.25) is 0 Å². The number of hydrogen-bond acceptors (Lipinski definition) is 4. The molecule has 0 radical (unpaired) electrons. The highest BCUT2D eigenvalue weighted by molar-refractivity contribution is 5.53. The van der Waals surface area contributed by atoms with Crippen molar-refractivity contribution in [1.82, 2.24) is 4.90 Å². The molecule has 1 saturated heterocycles. The predicted molar refractivity (Wildman–Crippen MR) is 83.0 cm³/mol. The first-order valence-electron chi connectivity index (χ1n) is 7.85. The molecule has 1 aromatic carbocycles. The van der Waals surface area contributed by atoms with Gasteiger partial charge < -0.3 is 14.3 Å². The second-order valence-corrected chi connectivity index (χ2v) is 5.51. The molecule has 0 aliphatic carbocycles. The summed E-state index contributed by atoms with van der Waals surface area (Å²) in [5.74, 6) is 1.95. The molecule has 1 atom stereocenters. The molecule has 0 amide bonds. The summed E-state index contributed by atoms with van der Waals surface area (Å²) in [6.45, 7) is 6.30. The van der Waals surface area contributed by atoms with Crippen molar-refractivity contribution in [2.24, 2.45) is 5.92 Å². The van der Waals surface area contributed by atoms with E-state index in [0.29, 0.717) is 6.61 Å². The average molecular weight is 291 g/mol. The Labute approximate surface area is 127 Å². The summed E-state index contributed by atoms with van der Waals surface area (Å²) in [6, 6.07) is 7.76. The Morgan fingerprint density at radius 3 is 2.48 bits per heavy atom. The maximum Gasteiger partial charge on any atom is 0.124 e. The SMILES string of the molecule is CCCOc1ccc(OCCN2CCCC(C=O)C2)cc1. The van der Waals surface area contributed by atoms with Gasteiger partial charge in [0.1, 0.15) is 24.4 Å². The van der Waals surface area contributed by atoms with Crippen LogP contribution in [0.5, 0.6) is 11.5 Å². The second kappa shape index (κ2) is 8.67. The number of piperidine rings is 1. The summed E-state index contributed by atoms with van der Waals surface area (Å²) >= 11 is 0. The average Bonchev–Trinajstić information content (AvgIpc) is 2.54. The van der Waals surface area contributed by atoms with Crippen LogP contribution in [0, 0.1) is 5.92 Å². The molecule has 4 heteroatoms. The van der Waals surface area contributed by atoms with E-state index in [1.54, 1.807) is 0 Å². The normalized spacial score (nSPS) is 19.2. The summed E-state index contributed by atoms with van der Waals surface area (Å²) in [5.41, 5.74) is 0. The Morgan fingerprint density at radius 1 is 1.19 bits per heavy atom. The quantitative estimate of drug-likeness (QED) is 0.690. The fraction of sp³-hybridized carbons (Fsp3) is 0.588. The molecule has 0 aromatic heterocycles. The van der Waals surface area contributed by atoms with Crippen molar-refractivity contribution in [3.63, 3.8) is 0 Å². The fourth-order valence-corrected chi connectivity index (χ4v) is 2.55. The molecule has 0 N–H and O–H groups in total. The summed E-state index contributed by atoms with van der Waals surface area (Å²) in [5, 5.41) is 0. The minimum atomic E-state index is 0.203. The molecule has 1 aromatic rings. The van der Waals surface area contributed by atoms with Crippen LogP contribution in [0.25, 0.3) is 0 Å². The lowest BCUT2D eigenvalue weighted by Crippen LogP contribution is -2.38. The standard InChI is InChI=1S/C17H25NO3/c1-2-11-20-16-5-7-17(8-6-16)21-12-10-18-9-3-4-15(13-18)14-19/h5-8,14-15H,2-4,9-13H2,1H3. The topological polar surface area (TPSA) is 38.8 Å². The van der Waals surface area contributed by atoms with E-state index in [1.807, 2.05) is 24.3 Å². The summed E-state index contributed by atoms with van der Waals surface area (Å²) < 4.78 is 11.3. The van der Waals surface area contributed by atoms with E-state index in [1.165, 1.54) is 0 Å². The third-order valence-electron chi connectivity index (χ3n) is 3.71. The molecule has 21 heavy (non-hydrogen) atoms. The van der Waals surface area contributed by atoms with Crippen LogP contribution in [-0.4, -0.2) is 44.0 Å². The van der Waals surface area contributed by atoms with Crippen LogP contribution < -0.4 is 9.47 Å². The molecule has 1 fully saturated rings. The smallest absolute Gasteiger partial charge is 0.124 e. The number of aldehydes is 1. The van der Waals surface area contributed by atoms with E-state index in [-0.39, 0.29) is 5.92 Å². The number of carbonyl (C=O) groups excluding carboxylic acids is 1. The van der Waals surface area contributed by atoms with Crippen molar-refractivity contribution in [2.75, 3.05) is 32.8 Å². The van der Waals surface area contributed by atoms with Gasteiger partial charge in [-0.15, -0.1) is 0 Å². The summed E-state index contributed by atoms with van der Waals surface area (Å²) in [6.07, 6.45) is 4.23. The first-order valence-corrected chi connectivity index (χ1v) is 7.85. The molecule has 0 bridgehead atoms. The maximum absolute atomic E-state index is 10.8. The zero-order chi connectivity index (χ0) is 14.9. The van der Waals surface area contributed by atoms with Crippen LogP contribution >= 0.6 is 0 Å². The van der Waals surface area contributed by atoms with Crippen molar-refractivity contribution < 1.29 is 14.3 Å². The third-order valence-corrected chi connectivity index (χ3v) is 3.71. The van der Waals surface area contributed by atoms with Gasteiger partial charge in [0.15, 0.2) is 0 Å². The lowest BCUT2D eigenvalue weighted by Gasteiger charge is -2.29. The molecule has 1 heterocycles. The Hall–Kier alpha value is -1.55. The van der Waals surface area contributed by atoms with Crippen molar-refractivity contribution in [1.29, 1.82) is 0 Å². The van der Waals surface area contributed by atoms with Gasteiger partial charge in [0, 0.05) is 19.0 Å². The van der Waals surface area contributed by atoms with Gasteiger partial charge in [-0.05, 0) is 50.1 Å². The van der Waals surface area contributed by atoms with Gasteiger partial charge in [-0.1, -0.05) is 6.92 Å². The van der Waals surface area contributed by atoms with E-state index in [0.717, 1.165) is 63.3 Å². The highest BCUT2D eigenvalue weighted by Crippen LogP contribution is 2.18. The summed E-state index contributed by atoms with van der Waals surface area (Å²) in [7, 11) is 0. The Balaban J connectivity index is 1.69. The van der Waals surface area contributed by atoms with E-state index in [2.05, 4.69) is 11.8 Å². The van der Waals surface area contributed by atoms with Crippen LogP contribution in [0.4, 0.5) is 0 Å². The molecule has 0 spiro atoms. The highest BCUT2D eigenvalue weighted by atomic mass is 16.5. The largest absolute Gasteiger partial charge is 0.494 e. The van der Waals surface area contributed by atoms with Gasteiger partial charge in [-0.2, -0.15) is 0 Å². The molecular weight excluding hydrogens is 266 g/mol. The number of benzene rings is 1. The number of likely N-dealkylation sites (tertiary alicyclic amines) is 1. The minimum Gasteiger partial charge on any atom is -0.494 e. The fourth-order valence-electron chi connectivity index (χ4n) is 2.55. The Bertz CT molecular complexity index is 419. The van der Waals surface area contributed by atoms with Crippen LogP contribution in [0.1, 0.15) is 26.2 Å². The number of hydrogen-bond donors (Lipinski definition) is 0. The second-order valence-electron chi connectivity index (χ2n) is 5.51. The van der Waals surface area contributed by atoms with Crippen LogP contribution in [0.15, 0.2) is 24.3 Å². The number of nitrogens with zero attached hydrogens (tertiary/aromatic N) is 1. The molecular formula is C17H25NO3. The van der Waals surface area contributed by atoms with Crippen LogP contribution in [-0.2, 0) is 4.79 Å². The molecule has 2 rings (SSSR count). The van der Waals surface area contributed by atoms with Gasteiger partial charge in [0.05, 0.1) is 6.61 Å². The van der Waals surface area contributed by atoms with Gasteiger partial charge in [-0.3, -0.25) is 4.90 Å². The molecule has 1 unspecified atom stereocenters. The van der Waals surface area contributed by atoms with E-state index >= 15 is 0 Å². The monoisotopic (exact) mass is 291 g/mol. The summed E-state index contributed by atoms with van der Waals surface area (Å²) in [4.78, 5) is 13.1. The molecule has 1 aliphatic heterocycles. The Kier molecular flexibility index (Phi) is 6.54. The van der Waals surface area contributed by atoms with Gasteiger partial charge in [0.25, 0.3) is 0 Å². The lowest BCUT2D eigenvalue weighted by atomic mass is 10.00. The first-order chi connectivity index (χ1) is 10.3. The first kappa shape index (κ1) is 15.8. The number of carbonyl (C=O) groups is 1. The van der Waals surface area contributed by atoms with Gasteiger partial charge >= 0.3 is 0 Å². The van der Waals surface area contributed by atoms with Crippen LogP contribution in [0.2, 0.25) is 0 Å². The zero-order valence-corrected chi connectivity index (χ0v) is 12.8. The van der Waals surface area contributed by atoms with E-state index < -0.39 is 0 Å². The molecule has 116 valence electrons. The Morgan fingerprint density at radius 2 is 1.86 bits per heavy atom. The number of rotatable bonds is 8. The zero-order valence-electron chi connectivity index (χ0n) is 12.8. The van der Waals surface area contributed by atoms with Crippen LogP contribution in [0.3, 0.4) is 0 Å². The molecule has 0 saturated carbocycles. The highest BCUT2D eigenvalue weighted by Gasteiger charge is 2.18.